The maximum absolute atomic E-state index is 5.86. The van der Waals surface area contributed by atoms with Gasteiger partial charge in [0.25, 0.3) is 0 Å². The summed E-state index contributed by atoms with van der Waals surface area (Å²) in [5.74, 6) is 0.792. The van der Waals surface area contributed by atoms with Crippen molar-refractivity contribution in [1.29, 1.82) is 0 Å². The molecule has 0 aliphatic rings. The second kappa shape index (κ2) is 4.68. The van der Waals surface area contributed by atoms with Gasteiger partial charge in [-0.25, -0.2) is 4.98 Å². The third-order valence-corrected chi connectivity index (χ3v) is 3.25. The maximum atomic E-state index is 5.86. The first-order chi connectivity index (χ1) is 8.49. The summed E-state index contributed by atoms with van der Waals surface area (Å²) in [6, 6.07) is 1.86. The van der Waals surface area contributed by atoms with E-state index in [0.717, 1.165) is 22.8 Å². The number of aromatic nitrogens is 3. The molecule has 0 atom stereocenters. The third-order valence-electron chi connectivity index (χ3n) is 3.25. The lowest BCUT2D eigenvalue weighted by molar-refractivity contribution is 0.730. The molecule has 2 rings (SSSR count). The highest BCUT2D eigenvalue weighted by Gasteiger charge is 2.09. The first-order valence-corrected chi connectivity index (χ1v) is 5.94. The number of hydrogen-bond acceptors (Lipinski definition) is 4. The molecule has 0 amide bonds. The lowest BCUT2D eigenvalue weighted by Crippen LogP contribution is -2.04. The van der Waals surface area contributed by atoms with Crippen molar-refractivity contribution in [3.05, 3.63) is 34.8 Å². The fourth-order valence-electron chi connectivity index (χ4n) is 1.89. The monoisotopic (exact) mass is 245 g/mol. The van der Waals surface area contributed by atoms with Crippen molar-refractivity contribution in [1.82, 2.24) is 14.8 Å². The van der Waals surface area contributed by atoms with Crippen LogP contribution < -0.4 is 11.1 Å². The second-order valence-corrected chi connectivity index (χ2v) is 4.55. The minimum Gasteiger partial charge on any atom is -0.398 e. The molecule has 0 saturated heterocycles. The van der Waals surface area contributed by atoms with Crippen LogP contribution in [-0.4, -0.2) is 14.8 Å². The molecule has 0 aliphatic heterocycles. The highest BCUT2D eigenvalue weighted by molar-refractivity contribution is 5.53. The van der Waals surface area contributed by atoms with Crippen molar-refractivity contribution < 1.29 is 0 Å². The Morgan fingerprint density at radius 1 is 1.33 bits per heavy atom. The average Bonchev–Trinajstić information content (AvgIpc) is 2.56. The van der Waals surface area contributed by atoms with Crippen LogP contribution in [-0.2, 0) is 13.6 Å². The van der Waals surface area contributed by atoms with Gasteiger partial charge in [0.15, 0.2) is 0 Å². The van der Waals surface area contributed by atoms with Gasteiger partial charge in [-0.2, -0.15) is 5.10 Å². The van der Waals surface area contributed by atoms with Gasteiger partial charge < -0.3 is 11.1 Å². The molecule has 0 spiro atoms. The molecule has 0 radical (unpaired) electrons. The fourth-order valence-corrected chi connectivity index (χ4v) is 1.89. The van der Waals surface area contributed by atoms with Crippen LogP contribution in [0.2, 0.25) is 0 Å². The molecule has 0 fully saturated rings. The van der Waals surface area contributed by atoms with Crippen LogP contribution in [0.5, 0.6) is 0 Å². The standard InChI is InChI=1S/C13H19N5/c1-8-6-15-13(5-12(8)14)16-7-11-9(2)17-18(4)10(11)3/h5-6H,7H2,1-4H3,(H3,14,15,16). The molecule has 18 heavy (non-hydrogen) atoms. The number of nitrogens with one attached hydrogen (secondary N) is 1. The molecule has 5 nitrogen and oxygen atoms in total. The summed E-state index contributed by atoms with van der Waals surface area (Å²) >= 11 is 0. The number of nitrogen functional groups attached to an aromatic ring is 1. The van der Waals surface area contributed by atoms with Crippen molar-refractivity contribution >= 4 is 11.5 Å². The van der Waals surface area contributed by atoms with Crippen LogP contribution in [0, 0.1) is 20.8 Å². The minimum absolute atomic E-state index is 0.709. The topological polar surface area (TPSA) is 68.8 Å². The zero-order chi connectivity index (χ0) is 13.3. The quantitative estimate of drug-likeness (QED) is 0.867. The Morgan fingerprint density at radius 3 is 2.61 bits per heavy atom. The van der Waals surface area contributed by atoms with Crippen LogP contribution in [0.1, 0.15) is 22.5 Å². The van der Waals surface area contributed by atoms with Gasteiger partial charge in [0, 0.05) is 42.8 Å². The van der Waals surface area contributed by atoms with E-state index in [9.17, 15) is 0 Å². The van der Waals surface area contributed by atoms with E-state index < -0.39 is 0 Å². The Bertz CT molecular complexity index is 571. The summed E-state index contributed by atoms with van der Waals surface area (Å²) in [6.45, 7) is 6.73. The second-order valence-electron chi connectivity index (χ2n) is 4.55. The van der Waals surface area contributed by atoms with Crippen LogP contribution in [0.15, 0.2) is 12.3 Å². The lowest BCUT2D eigenvalue weighted by atomic mass is 10.2. The zero-order valence-corrected chi connectivity index (χ0v) is 11.3. The van der Waals surface area contributed by atoms with Gasteiger partial charge >= 0.3 is 0 Å². The molecule has 0 unspecified atom stereocenters. The van der Waals surface area contributed by atoms with Gasteiger partial charge in [0.1, 0.15) is 5.82 Å². The summed E-state index contributed by atoms with van der Waals surface area (Å²) in [5.41, 5.74) is 11.0. The van der Waals surface area contributed by atoms with Gasteiger partial charge in [0.05, 0.1) is 5.69 Å². The van der Waals surface area contributed by atoms with Crippen molar-refractivity contribution in [3.63, 3.8) is 0 Å². The smallest absolute Gasteiger partial charge is 0.128 e. The van der Waals surface area contributed by atoms with Crippen molar-refractivity contribution in [2.75, 3.05) is 11.1 Å². The molecule has 2 aromatic heterocycles. The van der Waals surface area contributed by atoms with Gasteiger partial charge in [-0.1, -0.05) is 0 Å². The minimum atomic E-state index is 0.709. The fraction of sp³-hybridized carbons (Fsp3) is 0.385. The van der Waals surface area contributed by atoms with Crippen molar-refractivity contribution in [2.45, 2.75) is 27.3 Å². The van der Waals surface area contributed by atoms with E-state index in [2.05, 4.69) is 22.3 Å². The lowest BCUT2D eigenvalue weighted by Gasteiger charge is -2.08. The molecule has 0 bridgehead atoms. The van der Waals surface area contributed by atoms with Crippen LogP contribution >= 0.6 is 0 Å². The Morgan fingerprint density at radius 2 is 2.06 bits per heavy atom. The van der Waals surface area contributed by atoms with Gasteiger partial charge in [-0.15, -0.1) is 0 Å². The Hall–Kier alpha value is -2.04. The SMILES string of the molecule is Cc1cnc(NCc2c(C)nn(C)c2C)cc1N. The van der Waals surface area contributed by atoms with E-state index >= 15 is 0 Å². The van der Waals surface area contributed by atoms with E-state index in [0.29, 0.717) is 6.54 Å². The number of pyridine rings is 1. The van der Waals surface area contributed by atoms with E-state index in [1.165, 1.54) is 11.3 Å². The molecule has 0 aliphatic carbocycles. The summed E-state index contributed by atoms with van der Waals surface area (Å²) < 4.78 is 1.89. The average molecular weight is 245 g/mol. The van der Waals surface area contributed by atoms with Crippen molar-refractivity contribution in [2.24, 2.45) is 7.05 Å². The van der Waals surface area contributed by atoms with Crippen LogP contribution in [0.3, 0.4) is 0 Å². The van der Waals surface area contributed by atoms with Crippen LogP contribution in [0.4, 0.5) is 11.5 Å². The first-order valence-electron chi connectivity index (χ1n) is 5.94. The molecule has 0 aromatic carbocycles. The molecule has 0 saturated carbocycles. The molecule has 2 aromatic rings. The number of hydrogen-bond donors (Lipinski definition) is 2. The Kier molecular flexibility index (Phi) is 3.23. The van der Waals surface area contributed by atoms with Gasteiger partial charge in [0.2, 0.25) is 0 Å². The molecule has 96 valence electrons. The van der Waals surface area contributed by atoms with Crippen molar-refractivity contribution in [3.8, 4) is 0 Å². The first kappa shape index (κ1) is 12.4. The van der Waals surface area contributed by atoms with E-state index in [1.807, 2.05) is 31.6 Å². The predicted octanol–water partition coefficient (Wildman–Crippen LogP) is 1.93. The van der Waals surface area contributed by atoms with Gasteiger partial charge in [-0.3, -0.25) is 4.68 Å². The van der Waals surface area contributed by atoms with Crippen LogP contribution in [0.25, 0.3) is 0 Å². The van der Waals surface area contributed by atoms with E-state index in [1.54, 1.807) is 6.20 Å². The summed E-state index contributed by atoms with van der Waals surface area (Å²) in [4.78, 5) is 4.30. The molecular formula is C13H19N5. The normalized spacial score (nSPS) is 10.7. The third kappa shape index (κ3) is 2.30. The highest BCUT2D eigenvalue weighted by atomic mass is 15.3. The number of anilines is 2. The Balaban J connectivity index is 2.14. The zero-order valence-electron chi connectivity index (χ0n) is 11.3. The van der Waals surface area contributed by atoms with E-state index in [4.69, 9.17) is 5.73 Å². The molecule has 3 N–H and O–H groups in total. The summed E-state index contributed by atoms with van der Waals surface area (Å²) in [7, 11) is 1.95. The number of rotatable bonds is 3. The Labute approximate surface area is 107 Å². The molecule has 2 heterocycles. The summed E-state index contributed by atoms with van der Waals surface area (Å²) in [5, 5.41) is 7.67. The number of nitrogens with zero attached hydrogens (tertiary/aromatic N) is 3. The molecule has 5 heteroatoms. The largest absolute Gasteiger partial charge is 0.398 e. The van der Waals surface area contributed by atoms with E-state index in [-0.39, 0.29) is 0 Å². The highest BCUT2D eigenvalue weighted by Crippen LogP contribution is 2.17. The summed E-state index contributed by atoms with van der Waals surface area (Å²) in [6.07, 6.45) is 1.78. The maximum Gasteiger partial charge on any atom is 0.128 e. The molecular weight excluding hydrogens is 226 g/mol. The number of aryl methyl sites for hydroxylation is 3. The number of nitrogens with two attached hydrogens (primary N) is 1. The predicted molar refractivity (Wildman–Crippen MR) is 73.4 cm³/mol. The van der Waals surface area contributed by atoms with Gasteiger partial charge in [-0.05, 0) is 26.3 Å².